The largest absolute Gasteiger partial charge is 0.491 e. The van der Waals surface area contributed by atoms with E-state index in [0.29, 0.717) is 5.75 Å². The second kappa shape index (κ2) is 9.92. The number of rotatable bonds is 10. The fourth-order valence-corrected chi connectivity index (χ4v) is 3.27. The van der Waals surface area contributed by atoms with E-state index in [0.717, 1.165) is 6.21 Å². The lowest BCUT2D eigenvalue weighted by atomic mass is 10.2. The summed E-state index contributed by atoms with van der Waals surface area (Å²) < 4.78 is 40.7. The lowest BCUT2D eigenvalue weighted by molar-refractivity contribution is -0.385. The topological polar surface area (TPSA) is 129 Å². The number of nitrogens with zero attached hydrogens (tertiary/aromatic N) is 2. The van der Waals surface area contributed by atoms with Crippen LogP contribution >= 0.6 is 0 Å². The number of benzene rings is 2. The van der Waals surface area contributed by atoms with Crippen molar-refractivity contribution in [3.05, 3.63) is 52.1 Å². The van der Waals surface area contributed by atoms with Crippen LogP contribution in [-0.4, -0.2) is 39.4 Å². The summed E-state index contributed by atoms with van der Waals surface area (Å²) in [6.07, 6.45) is 1.10. The first-order valence-corrected chi connectivity index (χ1v) is 10.5. The van der Waals surface area contributed by atoms with Gasteiger partial charge in [-0.05, 0) is 51.1 Å². The van der Waals surface area contributed by atoms with Crippen LogP contribution in [0.15, 0.2) is 46.4 Å². The first-order chi connectivity index (χ1) is 14.2. The monoisotopic (exact) mass is 437 g/mol. The van der Waals surface area contributed by atoms with Gasteiger partial charge < -0.3 is 14.2 Å². The standard InChI is InChI=1S/C19H23N3O7S/c1-5-28-18-11-14(10-17(22(23)24)19(18)27-4)12-20-21-30(25,26)16-8-6-15(7-9-16)29-13(2)3/h6-13,21H,5H2,1-4H3/b20-12+. The Kier molecular flexibility index (Phi) is 7.59. The van der Waals surface area contributed by atoms with E-state index in [-0.39, 0.29) is 40.4 Å². The maximum Gasteiger partial charge on any atom is 0.315 e. The van der Waals surface area contributed by atoms with Crippen LogP contribution < -0.4 is 19.0 Å². The number of hydrogen-bond acceptors (Lipinski definition) is 8. The van der Waals surface area contributed by atoms with Crippen molar-refractivity contribution in [3.8, 4) is 17.2 Å². The molecule has 30 heavy (non-hydrogen) atoms. The Labute approximate surface area is 174 Å². The van der Waals surface area contributed by atoms with Crippen LogP contribution in [0.3, 0.4) is 0 Å². The zero-order valence-electron chi connectivity index (χ0n) is 17.0. The highest BCUT2D eigenvalue weighted by Crippen LogP contribution is 2.37. The van der Waals surface area contributed by atoms with E-state index in [1.54, 1.807) is 19.1 Å². The molecule has 1 N–H and O–H groups in total. The van der Waals surface area contributed by atoms with E-state index in [4.69, 9.17) is 14.2 Å². The predicted octanol–water partition coefficient (Wildman–Crippen LogP) is 3.10. The Morgan fingerprint density at radius 2 is 1.90 bits per heavy atom. The number of sulfonamides is 1. The summed E-state index contributed by atoms with van der Waals surface area (Å²) in [4.78, 5) is 12.7. The lowest BCUT2D eigenvalue weighted by Gasteiger charge is -2.11. The van der Waals surface area contributed by atoms with Crippen LogP contribution in [0.25, 0.3) is 0 Å². The van der Waals surface area contributed by atoms with Crippen molar-refractivity contribution >= 4 is 21.9 Å². The molecule has 0 radical (unpaired) electrons. The van der Waals surface area contributed by atoms with Crippen molar-refractivity contribution in [2.45, 2.75) is 31.8 Å². The Balaban J connectivity index is 2.23. The van der Waals surface area contributed by atoms with E-state index in [2.05, 4.69) is 9.93 Å². The number of hydrogen-bond donors (Lipinski definition) is 1. The molecule has 0 unspecified atom stereocenters. The molecule has 2 aromatic rings. The molecule has 162 valence electrons. The van der Waals surface area contributed by atoms with Gasteiger partial charge in [0.15, 0.2) is 5.75 Å². The molecule has 0 amide bonds. The molecule has 2 rings (SSSR count). The van der Waals surface area contributed by atoms with E-state index < -0.39 is 14.9 Å². The Hall–Kier alpha value is -3.34. The van der Waals surface area contributed by atoms with Crippen LogP contribution in [0.2, 0.25) is 0 Å². The molecule has 2 aromatic carbocycles. The molecule has 11 heteroatoms. The van der Waals surface area contributed by atoms with Crippen molar-refractivity contribution in [1.29, 1.82) is 0 Å². The molecular formula is C19H23N3O7S. The molecule has 0 bridgehead atoms. The first-order valence-electron chi connectivity index (χ1n) is 8.98. The fourth-order valence-electron chi connectivity index (χ4n) is 2.48. The molecule has 0 saturated heterocycles. The summed E-state index contributed by atoms with van der Waals surface area (Å²) in [6.45, 7) is 5.71. The summed E-state index contributed by atoms with van der Waals surface area (Å²) in [5, 5.41) is 15.0. The number of methoxy groups -OCH3 is 1. The summed E-state index contributed by atoms with van der Waals surface area (Å²) in [7, 11) is -2.63. The zero-order valence-corrected chi connectivity index (χ0v) is 17.8. The molecule has 0 spiro atoms. The molecule has 0 aliphatic carbocycles. The van der Waals surface area contributed by atoms with Gasteiger partial charge in [-0.2, -0.15) is 13.5 Å². The van der Waals surface area contributed by atoms with Gasteiger partial charge in [0.1, 0.15) is 5.75 Å². The molecule has 0 aliphatic heterocycles. The van der Waals surface area contributed by atoms with Crippen LogP contribution in [0.5, 0.6) is 17.2 Å². The van der Waals surface area contributed by atoms with Crippen LogP contribution in [0, 0.1) is 10.1 Å². The van der Waals surface area contributed by atoms with Crippen molar-refractivity contribution in [2.75, 3.05) is 13.7 Å². The molecule has 0 aromatic heterocycles. The fraction of sp³-hybridized carbons (Fsp3) is 0.316. The van der Waals surface area contributed by atoms with Gasteiger partial charge in [0, 0.05) is 11.6 Å². The molecule has 0 fully saturated rings. The molecule has 0 atom stereocenters. The van der Waals surface area contributed by atoms with E-state index in [9.17, 15) is 18.5 Å². The molecular weight excluding hydrogens is 414 g/mol. The SMILES string of the molecule is CCOc1cc(/C=N/NS(=O)(=O)c2ccc(OC(C)C)cc2)cc([N+](=O)[O-])c1OC. The quantitative estimate of drug-likeness (QED) is 0.343. The van der Waals surface area contributed by atoms with E-state index in [1.165, 1.54) is 31.4 Å². The van der Waals surface area contributed by atoms with Crippen LogP contribution in [0.4, 0.5) is 5.69 Å². The molecule has 0 aliphatic rings. The smallest absolute Gasteiger partial charge is 0.315 e. The third kappa shape index (κ3) is 5.83. The van der Waals surface area contributed by atoms with Gasteiger partial charge in [0.05, 0.1) is 35.9 Å². The average molecular weight is 437 g/mol. The number of nitro groups is 1. The van der Waals surface area contributed by atoms with Crippen molar-refractivity contribution in [1.82, 2.24) is 4.83 Å². The highest BCUT2D eigenvalue weighted by molar-refractivity contribution is 7.89. The normalized spacial score (nSPS) is 11.5. The van der Waals surface area contributed by atoms with Gasteiger partial charge in [-0.15, -0.1) is 0 Å². The van der Waals surface area contributed by atoms with Crippen LogP contribution in [-0.2, 0) is 10.0 Å². The second-order valence-corrected chi connectivity index (χ2v) is 7.91. The molecule has 10 nitrogen and oxygen atoms in total. The maximum absolute atomic E-state index is 12.4. The number of ether oxygens (including phenoxy) is 3. The highest BCUT2D eigenvalue weighted by Gasteiger charge is 2.21. The van der Waals surface area contributed by atoms with Gasteiger partial charge in [-0.1, -0.05) is 0 Å². The summed E-state index contributed by atoms with van der Waals surface area (Å²) in [5.74, 6) is 0.670. The first kappa shape index (κ1) is 22.9. The minimum Gasteiger partial charge on any atom is -0.491 e. The Bertz CT molecular complexity index is 1020. The third-order valence-electron chi connectivity index (χ3n) is 3.65. The van der Waals surface area contributed by atoms with Gasteiger partial charge >= 0.3 is 5.69 Å². The third-order valence-corrected chi connectivity index (χ3v) is 4.89. The number of hydrazone groups is 1. The predicted molar refractivity (Wildman–Crippen MR) is 111 cm³/mol. The van der Waals surface area contributed by atoms with E-state index in [1.807, 2.05) is 13.8 Å². The van der Waals surface area contributed by atoms with Crippen LogP contribution in [0.1, 0.15) is 26.3 Å². The summed E-state index contributed by atoms with van der Waals surface area (Å²) in [6, 6.07) is 8.53. The second-order valence-electron chi connectivity index (χ2n) is 6.25. The summed E-state index contributed by atoms with van der Waals surface area (Å²) >= 11 is 0. The average Bonchev–Trinajstić information content (AvgIpc) is 2.67. The van der Waals surface area contributed by atoms with Crippen molar-refractivity contribution in [3.63, 3.8) is 0 Å². The number of nitro benzene ring substituents is 1. The lowest BCUT2D eigenvalue weighted by Crippen LogP contribution is -2.18. The van der Waals surface area contributed by atoms with E-state index >= 15 is 0 Å². The van der Waals surface area contributed by atoms with Crippen molar-refractivity contribution in [2.24, 2.45) is 5.10 Å². The van der Waals surface area contributed by atoms with Crippen molar-refractivity contribution < 1.29 is 27.6 Å². The minimum atomic E-state index is -3.93. The van der Waals surface area contributed by atoms with Gasteiger partial charge in [-0.25, -0.2) is 4.83 Å². The maximum atomic E-state index is 12.4. The highest BCUT2D eigenvalue weighted by atomic mass is 32.2. The number of nitrogens with one attached hydrogen (secondary N) is 1. The minimum absolute atomic E-state index is 0.00790. The summed E-state index contributed by atoms with van der Waals surface area (Å²) in [5.41, 5.74) is -0.0668. The Morgan fingerprint density at radius 3 is 2.43 bits per heavy atom. The Morgan fingerprint density at radius 1 is 1.23 bits per heavy atom. The zero-order chi connectivity index (χ0) is 22.3. The molecule has 0 heterocycles. The molecule has 0 saturated carbocycles. The van der Waals surface area contributed by atoms with Gasteiger partial charge in [0.25, 0.3) is 10.0 Å². The van der Waals surface area contributed by atoms with Gasteiger partial charge in [-0.3, -0.25) is 10.1 Å². The van der Waals surface area contributed by atoms with Gasteiger partial charge in [0.2, 0.25) is 5.75 Å².